The van der Waals surface area contributed by atoms with Gasteiger partial charge in [0, 0.05) is 0 Å². The molecule has 0 nitrogen and oxygen atoms in total. The lowest BCUT2D eigenvalue weighted by Crippen LogP contribution is -1.99. The Kier molecular flexibility index (Phi) is 3.45. The van der Waals surface area contributed by atoms with Gasteiger partial charge in [-0.05, 0) is 55.1 Å². The smallest absolute Gasteiger partial charge is 0.0153 e. The lowest BCUT2D eigenvalue weighted by atomic mass is 9.91. The van der Waals surface area contributed by atoms with Crippen LogP contribution in [-0.4, -0.2) is 0 Å². The quantitative estimate of drug-likeness (QED) is 0.622. The van der Waals surface area contributed by atoms with Crippen molar-refractivity contribution < 1.29 is 0 Å². The summed E-state index contributed by atoms with van der Waals surface area (Å²) in [6, 6.07) is 0. The number of allylic oxidation sites excluding steroid dienone is 6. The van der Waals surface area contributed by atoms with Crippen LogP contribution in [0.2, 0.25) is 0 Å². The molecule has 0 aromatic rings. The molecule has 1 fully saturated rings. The van der Waals surface area contributed by atoms with Gasteiger partial charge in [-0.2, -0.15) is 0 Å². The van der Waals surface area contributed by atoms with Gasteiger partial charge in [0.25, 0.3) is 0 Å². The topological polar surface area (TPSA) is 0 Å². The van der Waals surface area contributed by atoms with Crippen molar-refractivity contribution >= 4 is 0 Å². The maximum absolute atomic E-state index is 2.39. The summed E-state index contributed by atoms with van der Waals surface area (Å²) in [6.45, 7) is 4.43. The Labute approximate surface area is 93.8 Å². The molecule has 2 unspecified atom stereocenters. The Morgan fingerprint density at radius 1 is 0.933 bits per heavy atom. The van der Waals surface area contributed by atoms with Gasteiger partial charge in [-0.1, -0.05) is 38.2 Å². The number of rotatable bonds is 4. The summed E-state index contributed by atoms with van der Waals surface area (Å²) in [6.07, 6.45) is 16.0. The zero-order valence-electron chi connectivity index (χ0n) is 10.00. The molecule has 0 aromatic heterocycles. The van der Waals surface area contributed by atoms with Crippen molar-refractivity contribution in [2.45, 2.75) is 46.0 Å². The van der Waals surface area contributed by atoms with Crippen LogP contribution in [0.25, 0.3) is 0 Å². The monoisotopic (exact) mass is 202 g/mol. The summed E-state index contributed by atoms with van der Waals surface area (Å²) in [7, 11) is 0. The minimum absolute atomic E-state index is 0.884. The fourth-order valence-electron chi connectivity index (χ4n) is 2.97. The molecule has 2 aliphatic carbocycles. The minimum Gasteiger partial charge on any atom is -0.0845 e. The van der Waals surface area contributed by atoms with Gasteiger partial charge in [0.05, 0.1) is 0 Å². The zero-order chi connectivity index (χ0) is 10.7. The highest BCUT2D eigenvalue weighted by atomic mass is 14.4. The third-order valence-electron chi connectivity index (χ3n) is 3.71. The normalized spacial score (nSPS) is 30.3. The molecule has 0 spiro atoms. The zero-order valence-corrected chi connectivity index (χ0v) is 10.00. The first kappa shape index (κ1) is 10.7. The van der Waals surface area contributed by atoms with Crippen molar-refractivity contribution in [1.29, 1.82) is 0 Å². The Balaban J connectivity index is 2.22. The summed E-state index contributed by atoms with van der Waals surface area (Å²) in [4.78, 5) is 0. The molecule has 0 saturated heterocycles. The summed E-state index contributed by atoms with van der Waals surface area (Å²) >= 11 is 0. The third-order valence-corrected chi connectivity index (χ3v) is 3.71. The third kappa shape index (κ3) is 2.09. The molecular weight excluding hydrogens is 180 g/mol. The van der Waals surface area contributed by atoms with Crippen LogP contribution in [-0.2, 0) is 0 Å². The highest BCUT2D eigenvalue weighted by Gasteiger charge is 2.36. The lowest BCUT2D eigenvalue weighted by Gasteiger charge is -2.14. The van der Waals surface area contributed by atoms with Crippen molar-refractivity contribution in [3.63, 3.8) is 0 Å². The van der Waals surface area contributed by atoms with Crippen molar-refractivity contribution in [3.8, 4) is 0 Å². The second kappa shape index (κ2) is 4.83. The van der Waals surface area contributed by atoms with E-state index in [4.69, 9.17) is 0 Å². The van der Waals surface area contributed by atoms with Crippen molar-refractivity contribution in [3.05, 3.63) is 35.5 Å². The lowest BCUT2D eigenvalue weighted by molar-refractivity contribution is 0.668. The standard InChI is InChI=1S/C15H22/c1-3-5-7-14-12-9-10-13(11-12)15(14)8-6-4-2/h5-8,12-13H,3-4,9-11H2,1-2H3. The Bertz CT molecular complexity index is 274. The van der Waals surface area contributed by atoms with Crippen molar-refractivity contribution in [1.82, 2.24) is 0 Å². The largest absolute Gasteiger partial charge is 0.0845 e. The van der Waals surface area contributed by atoms with E-state index in [1.807, 2.05) is 0 Å². The molecule has 0 aliphatic heterocycles. The first-order valence-corrected chi connectivity index (χ1v) is 6.44. The van der Waals surface area contributed by atoms with E-state index in [9.17, 15) is 0 Å². The van der Waals surface area contributed by atoms with E-state index in [-0.39, 0.29) is 0 Å². The number of hydrogen-bond acceptors (Lipinski definition) is 0. The van der Waals surface area contributed by atoms with E-state index < -0.39 is 0 Å². The first-order valence-electron chi connectivity index (χ1n) is 6.44. The molecular formula is C15H22. The van der Waals surface area contributed by atoms with E-state index in [2.05, 4.69) is 38.2 Å². The van der Waals surface area contributed by atoms with Crippen LogP contribution in [0.3, 0.4) is 0 Å². The molecule has 0 heterocycles. The van der Waals surface area contributed by atoms with Crippen LogP contribution >= 0.6 is 0 Å². The fourth-order valence-corrected chi connectivity index (χ4v) is 2.97. The van der Waals surface area contributed by atoms with Crippen LogP contribution in [0, 0.1) is 11.8 Å². The molecule has 1 saturated carbocycles. The fraction of sp³-hybridized carbons (Fsp3) is 0.600. The average Bonchev–Trinajstić information content (AvgIpc) is 2.83. The predicted octanol–water partition coefficient (Wildman–Crippen LogP) is 4.65. The van der Waals surface area contributed by atoms with Gasteiger partial charge < -0.3 is 0 Å². The second-order valence-electron chi connectivity index (χ2n) is 4.74. The molecule has 15 heavy (non-hydrogen) atoms. The molecule has 0 radical (unpaired) electrons. The number of fused-ring (bicyclic) bond motifs is 2. The Hall–Kier alpha value is -0.780. The van der Waals surface area contributed by atoms with Crippen LogP contribution in [0.5, 0.6) is 0 Å². The first-order chi connectivity index (χ1) is 7.36. The van der Waals surface area contributed by atoms with Crippen LogP contribution in [0.15, 0.2) is 35.5 Å². The predicted molar refractivity (Wildman–Crippen MR) is 66.7 cm³/mol. The SMILES string of the molecule is CCC=CC1=C(C=CCC)C2CCC1C2. The summed E-state index contributed by atoms with van der Waals surface area (Å²) in [5.74, 6) is 1.77. The van der Waals surface area contributed by atoms with E-state index in [0.717, 1.165) is 24.7 Å². The molecule has 0 aromatic carbocycles. The summed E-state index contributed by atoms with van der Waals surface area (Å²) in [5, 5.41) is 0. The molecule has 2 bridgehead atoms. The molecule has 2 rings (SSSR count). The van der Waals surface area contributed by atoms with Gasteiger partial charge in [0.15, 0.2) is 0 Å². The maximum atomic E-state index is 2.39. The molecule has 2 aliphatic rings. The average molecular weight is 202 g/mol. The van der Waals surface area contributed by atoms with Gasteiger partial charge >= 0.3 is 0 Å². The highest BCUT2D eigenvalue weighted by Crippen LogP contribution is 2.49. The van der Waals surface area contributed by atoms with Gasteiger partial charge in [0.2, 0.25) is 0 Å². The molecule has 82 valence electrons. The highest BCUT2D eigenvalue weighted by molar-refractivity contribution is 5.42. The van der Waals surface area contributed by atoms with Crippen LogP contribution in [0.4, 0.5) is 0 Å². The van der Waals surface area contributed by atoms with Gasteiger partial charge in [-0.25, -0.2) is 0 Å². The molecule has 2 atom stereocenters. The Morgan fingerprint density at radius 3 is 1.80 bits per heavy atom. The number of hydrogen-bond donors (Lipinski definition) is 0. The van der Waals surface area contributed by atoms with Gasteiger partial charge in [-0.3, -0.25) is 0 Å². The van der Waals surface area contributed by atoms with E-state index in [0.29, 0.717) is 0 Å². The summed E-state index contributed by atoms with van der Waals surface area (Å²) in [5.41, 5.74) is 3.30. The Morgan fingerprint density at radius 2 is 1.40 bits per heavy atom. The molecule has 0 heteroatoms. The van der Waals surface area contributed by atoms with Gasteiger partial charge in [-0.15, -0.1) is 0 Å². The van der Waals surface area contributed by atoms with Crippen molar-refractivity contribution in [2.24, 2.45) is 11.8 Å². The molecule has 0 N–H and O–H groups in total. The van der Waals surface area contributed by atoms with Crippen LogP contribution < -0.4 is 0 Å². The van der Waals surface area contributed by atoms with Crippen LogP contribution in [0.1, 0.15) is 46.0 Å². The summed E-state index contributed by atoms with van der Waals surface area (Å²) < 4.78 is 0. The van der Waals surface area contributed by atoms with E-state index in [1.54, 1.807) is 11.1 Å². The van der Waals surface area contributed by atoms with Gasteiger partial charge in [0.1, 0.15) is 0 Å². The molecule has 0 amide bonds. The van der Waals surface area contributed by atoms with E-state index >= 15 is 0 Å². The minimum atomic E-state index is 0.884. The second-order valence-corrected chi connectivity index (χ2v) is 4.74. The maximum Gasteiger partial charge on any atom is -0.0153 e. The van der Waals surface area contributed by atoms with E-state index in [1.165, 1.54) is 19.3 Å². The van der Waals surface area contributed by atoms with Crippen molar-refractivity contribution in [2.75, 3.05) is 0 Å².